The van der Waals surface area contributed by atoms with E-state index in [1.807, 2.05) is 0 Å². The number of amides is 1. The van der Waals surface area contributed by atoms with Crippen LogP contribution in [0.5, 0.6) is 0 Å². The Morgan fingerprint density at radius 2 is 1.69 bits per heavy atom. The highest BCUT2D eigenvalue weighted by molar-refractivity contribution is 5.82. The van der Waals surface area contributed by atoms with Crippen LogP contribution in [0, 0.1) is 49.7 Å². The van der Waals surface area contributed by atoms with Crippen LogP contribution in [-0.4, -0.2) is 52.0 Å². The molecule has 1 aliphatic carbocycles. The molecule has 54 heavy (non-hydrogen) atoms. The molecule has 3 atom stereocenters. The molecule has 2 fully saturated rings. The summed E-state index contributed by atoms with van der Waals surface area (Å²) in [5.74, 6) is -7.48. The molecule has 2 heterocycles. The number of pyridine rings is 1. The van der Waals surface area contributed by atoms with Gasteiger partial charge in [-0.3, -0.25) is 14.4 Å². The summed E-state index contributed by atoms with van der Waals surface area (Å²) < 4.78 is 104. The molecule has 1 saturated heterocycles. The van der Waals surface area contributed by atoms with E-state index in [2.05, 4.69) is 11.2 Å². The molecule has 0 unspecified atom stereocenters. The fourth-order valence-electron chi connectivity index (χ4n) is 7.54. The number of terminal acetylenes is 1. The number of piperidine rings is 1. The monoisotopic (exact) mass is 761 g/mol. The maximum absolute atomic E-state index is 16.5. The van der Waals surface area contributed by atoms with E-state index in [4.69, 9.17) is 6.42 Å². The van der Waals surface area contributed by atoms with Gasteiger partial charge in [0.15, 0.2) is 0 Å². The molecule has 290 valence electrons. The summed E-state index contributed by atoms with van der Waals surface area (Å²) in [6, 6.07) is 3.29. The zero-order valence-electron chi connectivity index (χ0n) is 30.3. The SMILES string of the molecule is C#Cc1cc(-c2c(C)cccc2C)c(F)c([C@H](CC(=O)O)NC(=O)[C@H](CC(C)C)n2cc(C3CCN(C[C@@H]4CC4(F)F)CC3)c(C(F)(F)F)cc2=O)c1F. The van der Waals surface area contributed by atoms with Gasteiger partial charge in [-0.05, 0) is 86.4 Å². The Morgan fingerprint density at radius 1 is 1.07 bits per heavy atom. The van der Waals surface area contributed by atoms with Gasteiger partial charge in [0.05, 0.1) is 23.6 Å². The Balaban J connectivity index is 1.55. The lowest BCUT2D eigenvalue weighted by molar-refractivity contribution is -0.139. The van der Waals surface area contributed by atoms with Gasteiger partial charge < -0.3 is 19.9 Å². The van der Waals surface area contributed by atoms with Crippen LogP contribution in [0.4, 0.5) is 30.7 Å². The van der Waals surface area contributed by atoms with Crippen molar-refractivity contribution in [3.63, 3.8) is 0 Å². The van der Waals surface area contributed by atoms with Crippen LogP contribution in [0.25, 0.3) is 11.1 Å². The summed E-state index contributed by atoms with van der Waals surface area (Å²) in [5, 5.41) is 12.2. The lowest BCUT2D eigenvalue weighted by atomic mass is 9.87. The minimum absolute atomic E-state index is 0.118. The van der Waals surface area contributed by atoms with Crippen LogP contribution in [0.2, 0.25) is 0 Å². The third kappa shape index (κ3) is 8.67. The van der Waals surface area contributed by atoms with Crippen LogP contribution < -0.4 is 10.9 Å². The summed E-state index contributed by atoms with van der Waals surface area (Å²) in [4.78, 5) is 41.5. The molecule has 1 aliphatic heterocycles. The third-order valence-electron chi connectivity index (χ3n) is 10.4. The Bertz CT molecular complexity index is 2010. The Labute approximate surface area is 308 Å². The number of rotatable bonds is 12. The summed E-state index contributed by atoms with van der Waals surface area (Å²) in [6.45, 7) is 7.39. The number of alkyl halides is 5. The number of hydrogen-bond donors (Lipinski definition) is 2. The highest BCUT2D eigenvalue weighted by Crippen LogP contribution is 2.49. The number of aromatic nitrogens is 1. The Hall–Kier alpha value is -4.64. The van der Waals surface area contributed by atoms with Gasteiger partial charge in [0, 0.05) is 42.3 Å². The molecular formula is C40H42F7N3O4. The Morgan fingerprint density at radius 3 is 2.20 bits per heavy atom. The maximum atomic E-state index is 16.5. The van der Waals surface area contributed by atoms with Crippen molar-refractivity contribution in [2.45, 2.75) is 89.9 Å². The summed E-state index contributed by atoms with van der Waals surface area (Å²) in [5.41, 5.74) is -2.34. The van der Waals surface area contributed by atoms with E-state index in [1.54, 1.807) is 50.8 Å². The zero-order chi connectivity index (χ0) is 39.9. The number of nitrogens with zero attached hydrogens (tertiary/aromatic N) is 2. The van der Waals surface area contributed by atoms with Crippen LogP contribution in [0.15, 0.2) is 41.3 Å². The van der Waals surface area contributed by atoms with E-state index in [1.165, 1.54) is 0 Å². The first-order chi connectivity index (χ1) is 25.2. The van der Waals surface area contributed by atoms with E-state index in [9.17, 15) is 41.4 Å². The Kier molecular flexibility index (Phi) is 11.7. The molecule has 2 N–H and O–H groups in total. The van der Waals surface area contributed by atoms with Crippen molar-refractivity contribution in [3.8, 4) is 23.5 Å². The van der Waals surface area contributed by atoms with Crippen LogP contribution in [0.3, 0.4) is 0 Å². The van der Waals surface area contributed by atoms with Gasteiger partial charge in [-0.1, -0.05) is 38.0 Å². The molecule has 5 rings (SSSR count). The standard InChI is InChI=1S/C40H42F7N3O4/c1-6-24-15-27(34-22(4)8-7-9-23(34)5)37(42)35(36(24)41)30(17-33(52)53)48-38(54)31(14-21(2)3)50-20-28(29(16-32(50)51)40(45,46)47)25-10-12-49(13-11-25)19-26-18-39(26,43)44/h1,7-9,15-16,20-21,25-26,30-31H,10-14,17-19H2,2-5H3,(H,48,54)(H,52,53)/t26-,30-,31-/m0/s1. The van der Waals surface area contributed by atoms with Gasteiger partial charge >= 0.3 is 12.1 Å². The van der Waals surface area contributed by atoms with Crippen molar-refractivity contribution in [2.75, 3.05) is 19.6 Å². The third-order valence-corrected chi connectivity index (χ3v) is 10.4. The molecule has 14 heteroatoms. The largest absolute Gasteiger partial charge is 0.481 e. The molecule has 3 aromatic rings. The van der Waals surface area contributed by atoms with E-state index in [-0.39, 0.29) is 62.4 Å². The van der Waals surface area contributed by atoms with Crippen LogP contribution >= 0.6 is 0 Å². The van der Waals surface area contributed by atoms with Crippen molar-refractivity contribution in [1.82, 2.24) is 14.8 Å². The molecule has 0 spiro atoms. The number of likely N-dealkylation sites (tertiary alicyclic amines) is 1. The van der Waals surface area contributed by atoms with Gasteiger partial charge in [0.2, 0.25) is 5.91 Å². The predicted molar refractivity (Wildman–Crippen MR) is 188 cm³/mol. The number of aliphatic carboxylic acids is 1. The van der Waals surface area contributed by atoms with E-state index in [0.717, 1.165) is 16.8 Å². The number of aryl methyl sites for hydroxylation is 2. The second-order valence-corrected chi connectivity index (χ2v) is 14.9. The quantitative estimate of drug-likeness (QED) is 0.144. The molecule has 1 aromatic heterocycles. The summed E-state index contributed by atoms with van der Waals surface area (Å²) >= 11 is 0. The highest BCUT2D eigenvalue weighted by atomic mass is 19.4. The number of benzene rings is 2. The number of nitrogens with one attached hydrogen (secondary N) is 1. The van der Waals surface area contributed by atoms with Crippen molar-refractivity contribution in [1.29, 1.82) is 0 Å². The fraction of sp³-hybridized carbons (Fsp3) is 0.475. The number of carboxylic acid groups (broad SMARTS) is 1. The minimum atomic E-state index is -4.94. The van der Waals surface area contributed by atoms with Gasteiger partial charge in [-0.2, -0.15) is 13.2 Å². The van der Waals surface area contributed by atoms with Crippen LogP contribution in [0.1, 0.15) is 97.3 Å². The molecule has 0 radical (unpaired) electrons. The highest BCUT2D eigenvalue weighted by Gasteiger charge is 2.57. The molecule has 0 bridgehead atoms. The van der Waals surface area contributed by atoms with E-state index < -0.39 is 88.2 Å². The summed E-state index contributed by atoms with van der Waals surface area (Å²) in [6.07, 6.45) is 0.625. The number of carboxylic acids is 1. The smallest absolute Gasteiger partial charge is 0.416 e. The minimum Gasteiger partial charge on any atom is -0.481 e. The molecule has 2 aromatic carbocycles. The number of hydrogen-bond acceptors (Lipinski definition) is 4. The normalized spacial score (nSPS) is 18.6. The van der Waals surface area contributed by atoms with Crippen molar-refractivity contribution < 1.29 is 45.4 Å². The molecular weight excluding hydrogens is 719 g/mol. The molecule has 7 nitrogen and oxygen atoms in total. The van der Waals surface area contributed by atoms with E-state index in [0.29, 0.717) is 22.8 Å². The maximum Gasteiger partial charge on any atom is 0.416 e. The van der Waals surface area contributed by atoms with Crippen molar-refractivity contribution in [2.24, 2.45) is 11.8 Å². The van der Waals surface area contributed by atoms with Crippen molar-refractivity contribution in [3.05, 3.63) is 91.9 Å². The zero-order valence-corrected chi connectivity index (χ0v) is 30.3. The summed E-state index contributed by atoms with van der Waals surface area (Å²) in [7, 11) is 0. The molecule has 1 amide bonds. The molecule has 1 saturated carbocycles. The number of carbonyl (C=O) groups is 2. The first kappa shape index (κ1) is 40.5. The predicted octanol–water partition coefficient (Wildman–Crippen LogP) is 8.16. The number of carbonyl (C=O) groups excluding carboxylic acids is 1. The fourth-order valence-corrected chi connectivity index (χ4v) is 7.54. The first-order valence-electron chi connectivity index (χ1n) is 17.7. The van der Waals surface area contributed by atoms with Gasteiger partial charge in [0.1, 0.15) is 17.7 Å². The average Bonchev–Trinajstić information content (AvgIpc) is 3.68. The lowest BCUT2D eigenvalue weighted by Crippen LogP contribution is -2.41. The number of halogens is 7. The second-order valence-electron chi connectivity index (χ2n) is 14.9. The van der Waals surface area contributed by atoms with Gasteiger partial charge in [-0.15, -0.1) is 6.42 Å². The van der Waals surface area contributed by atoms with E-state index >= 15 is 8.78 Å². The molecule has 2 aliphatic rings. The first-order valence-corrected chi connectivity index (χ1v) is 17.7. The van der Waals surface area contributed by atoms with Crippen molar-refractivity contribution >= 4 is 11.9 Å². The lowest BCUT2D eigenvalue weighted by Gasteiger charge is -2.34. The second kappa shape index (κ2) is 15.6. The van der Waals surface area contributed by atoms with Gasteiger partial charge in [-0.25, -0.2) is 17.6 Å². The van der Waals surface area contributed by atoms with Crippen LogP contribution in [-0.2, 0) is 15.8 Å². The van der Waals surface area contributed by atoms with Gasteiger partial charge in [0.25, 0.3) is 11.5 Å². The average molecular weight is 762 g/mol. The topological polar surface area (TPSA) is 91.6 Å².